The molecule has 1 N–H and O–H groups in total. The zero-order valence-electron chi connectivity index (χ0n) is 8.20. The molecule has 0 aliphatic rings. The Morgan fingerprint density at radius 1 is 1.25 bits per heavy atom. The van der Waals surface area contributed by atoms with Gasteiger partial charge in [-0.1, -0.05) is 17.8 Å². The van der Waals surface area contributed by atoms with Crippen molar-refractivity contribution in [1.82, 2.24) is 9.97 Å². The Morgan fingerprint density at radius 2 is 2.12 bits per heavy atom. The molecule has 0 saturated carbocycles. The number of carbonyl (C=O) groups is 1. The van der Waals surface area contributed by atoms with Gasteiger partial charge >= 0.3 is 5.97 Å². The van der Waals surface area contributed by atoms with Gasteiger partial charge in [0, 0.05) is 23.5 Å². The Balaban J connectivity index is 2.31. The third-order valence-corrected chi connectivity index (χ3v) is 2.89. The Labute approximate surface area is 96.4 Å². The third kappa shape index (κ3) is 2.38. The fourth-order valence-corrected chi connectivity index (χ4v) is 2.02. The summed E-state index contributed by atoms with van der Waals surface area (Å²) in [4.78, 5) is 19.5. The number of carboxylic acids is 1. The summed E-state index contributed by atoms with van der Waals surface area (Å²) in [7, 11) is 0. The predicted molar refractivity (Wildman–Crippen MR) is 59.6 cm³/mol. The molecule has 0 spiro atoms. The molecule has 4 nitrogen and oxygen atoms in total. The van der Waals surface area contributed by atoms with E-state index < -0.39 is 5.97 Å². The average molecular weight is 232 g/mol. The summed E-state index contributed by atoms with van der Waals surface area (Å²) in [6.45, 7) is 0. The molecule has 2 heterocycles. The highest BCUT2D eigenvalue weighted by molar-refractivity contribution is 7.99. The van der Waals surface area contributed by atoms with Gasteiger partial charge in [-0.3, -0.25) is 4.98 Å². The van der Waals surface area contributed by atoms with E-state index >= 15 is 0 Å². The van der Waals surface area contributed by atoms with Crippen molar-refractivity contribution in [2.45, 2.75) is 9.92 Å². The molecular weight excluding hydrogens is 224 g/mol. The number of nitrogens with zero attached hydrogens (tertiary/aromatic N) is 2. The molecule has 2 aromatic rings. The lowest BCUT2D eigenvalue weighted by molar-refractivity contribution is 0.0692. The van der Waals surface area contributed by atoms with Crippen LogP contribution in [0.5, 0.6) is 0 Å². The summed E-state index contributed by atoms with van der Waals surface area (Å²) < 4.78 is 0. The topological polar surface area (TPSA) is 63.1 Å². The summed E-state index contributed by atoms with van der Waals surface area (Å²) in [5.41, 5.74) is 0.193. The largest absolute Gasteiger partial charge is 0.478 e. The molecule has 0 radical (unpaired) electrons. The van der Waals surface area contributed by atoms with E-state index in [1.54, 1.807) is 18.5 Å². The number of aromatic nitrogens is 2. The molecule has 0 atom stereocenters. The minimum Gasteiger partial charge on any atom is -0.478 e. The van der Waals surface area contributed by atoms with Crippen molar-refractivity contribution in [3.8, 4) is 0 Å². The van der Waals surface area contributed by atoms with Gasteiger partial charge in [-0.15, -0.1) is 0 Å². The number of hydrogen-bond acceptors (Lipinski definition) is 4. The van der Waals surface area contributed by atoms with Crippen LogP contribution < -0.4 is 0 Å². The summed E-state index contributed by atoms with van der Waals surface area (Å²) >= 11 is 1.31. The maximum Gasteiger partial charge on any atom is 0.338 e. The van der Waals surface area contributed by atoms with Crippen LogP contribution in [0.3, 0.4) is 0 Å². The van der Waals surface area contributed by atoms with E-state index in [0.29, 0.717) is 4.90 Å². The smallest absolute Gasteiger partial charge is 0.338 e. The van der Waals surface area contributed by atoms with Crippen molar-refractivity contribution in [1.29, 1.82) is 0 Å². The van der Waals surface area contributed by atoms with Gasteiger partial charge in [0.05, 0.1) is 5.56 Å². The van der Waals surface area contributed by atoms with Crippen LogP contribution in [0.2, 0.25) is 0 Å². The van der Waals surface area contributed by atoms with Crippen molar-refractivity contribution < 1.29 is 9.90 Å². The minimum absolute atomic E-state index is 0.193. The van der Waals surface area contributed by atoms with Crippen molar-refractivity contribution in [3.63, 3.8) is 0 Å². The second-order valence-corrected chi connectivity index (χ2v) is 4.01. The van der Waals surface area contributed by atoms with Crippen LogP contribution in [0.4, 0.5) is 0 Å². The Bertz CT molecular complexity index is 502. The number of aromatic carboxylic acids is 1. The van der Waals surface area contributed by atoms with Gasteiger partial charge in [-0.25, -0.2) is 9.78 Å². The summed E-state index contributed by atoms with van der Waals surface area (Å²) in [6, 6.07) is 7.17. The monoisotopic (exact) mass is 232 g/mol. The Hall–Kier alpha value is -1.88. The molecule has 80 valence electrons. The van der Waals surface area contributed by atoms with Gasteiger partial charge < -0.3 is 5.11 Å². The fraction of sp³-hybridized carbons (Fsp3) is 0. The van der Waals surface area contributed by atoms with E-state index in [9.17, 15) is 4.79 Å². The van der Waals surface area contributed by atoms with E-state index in [0.717, 1.165) is 5.03 Å². The van der Waals surface area contributed by atoms with Crippen LogP contribution in [0.25, 0.3) is 0 Å². The predicted octanol–water partition coefficient (Wildman–Crippen LogP) is 2.33. The molecule has 0 aliphatic heterocycles. The SMILES string of the molecule is O=C(O)c1cnccc1Sc1ccccn1. The molecule has 0 aromatic carbocycles. The normalized spacial score (nSPS) is 10.0. The molecule has 0 aliphatic carbocycles. The van der Waals surface area contributed by atoms with E-state index in [1.165, 1.54) is 18.0 Å². The third-order valence-electron chi connectivity index (χ3n) is 1.86. The second-order valence-electron chi connectivity index (χ2n) is 2.95. The first kappa shape index (κ1) is 10.6. The first-order valence-electron chi connectivity index (χ1n) is 4.53. The highest BCUT2D eigenvalue weighted by Crippen LogP contribution is 2.27. The number of carboxylic acid groups (broad SMARTS) is 1. The van der Waals surface area contributed by atoms with Crippen molar-refractivity contribution in [2.24, 2.45) is 0 Å². The number of pyridine rings is 2. The van der Waals surface area contributed by atoms with E-state index in [-0.39, 0.29) is 5.56 Å². The van der Waals surface area contributed by atoms with E-state index in [4.69, 9.17) is 5.11 Å². The Kier molecular flexibility index (Phi) is 3.16. The summed E-state index contributed by atoms with van der Waals surface area (Å²) in [5.74, 6) is -0.980. The molecule has 0 bridgehead atoms. The molecule has 0 fully saturated rings. The zero-order chi connectivity index (χ0) is 11.4. The van der Waals surface area contributed by atoms with E-state index in [1.807, 2.05) is 18.2 Å². The van der Waals surface area contributed by atoms with E-state index in [2.05, 4.69) is 9.97 Å². The fourth-order valence-electron chi connectivity index (χ4n) is 1.15. The maximum atomic E-state index is 10.9. The molecule has 2 aromatic heterocycles. The Morgan fingerprint density at radius 3 is 2.81 bits per heavy atom. The lowest BCUT2D eigenvalue weighted by Crippen LogP contribution is -1.99. The van der Waals surface area contributed by atoms with Crippen LogP contribution in [0.1, 0.15) is 10.4 Å². The van der Waals surface area contributed by atoms with Crippen LogP contribution in [0, 0.1) is 0 Å². The molecule has 0 amide bonds. The van der Waals surface area contributed by atoms with Crippen molar-refractivity contribution >= 4 is 17.7 Å². The van der Waals surface area contributed by atoms with Crippen LogP contribution in [-0.2, 0) is 0 Å². The first-order valence-corrected chi connectivity index (χ1v) is 5.35. The second kappa shape index (κ2) is 4.76. The molecular formula is C11H8N2O2S. The first-order chi connectivity index (χ1) is 7.77. The number of hydrogen-bond donors (Lipinski definition) is 1. The highest BCUT2D eigenvalue weighted by atomic mass is 32.2. The lowest BCUT2D eigenvalue weighted by atomic mass is 10.3. The van der Waals surface area contributed by atoms with Gasteiger partial charge in [-0.2, -0.15) is 0 Å². The lowest BCUT2D eigenvalue weighted by Gasteiger charge is -2.03. The molecule has 2 rings (SSSR count). The summed E-state index contributed by atoms with van der Waals surface area (Å²) in [6.07, 6.45) is 4.58. The average Bonchev–Trinajstić information content (AvgIpc) is 2.31. The van der Waals surface area contributed by atoms with Crippen molar-refractivity contribution in [3.05, 3.63) is 48.4 Å². The summed E-state index contributed by atoms with van der Waals surface area (Å²) in [5, 5.41) is 9.73. The van der Waals surface area contributed by atoms with Gasteiger partial charge in [0.1, 0.15) is 5.03 Å². The van der Waals surface area contributed by atoms with Gasteiger partial charge in [0.25, 0.3) is 0 Å². The van der Waals surface area contributed by atoms with Gasteiger partial charge in [0.2, 0.25) is 0 Å². The molecule has 0 saturated heterocycles. The maximum absolute atomic E-state index is 10.9. The standard InChI is InChI=1S/C11H8N2O2S/c14-11(15)8-7-12-6-4-9(8)16-10-3-1-2-5-13-10/h1-7H,(H,14,15). The van der Waals surface area contributed by atoms with Gasteiger partial charge in [0.15, 0.2) is 0 Å². The molecule has 5 heteroatoms. The van der Waals surface area contributed by atoms with Crippen LogP contribution in [0.15, 0.2) is 52.8 Å². The highest BCUT2D eigenvalue weighted by Gasteiger charge is 2.10. The van der Waals surface area contributed by atoms with Gasteiger partial charge in [-0.05, 0) is 18.2 Å². The van der Waals surface area contributed by atoms with Crippen LogP contribution >= 0.6 is 11.8 Å². The minimum atomic E-state index is -0.980. The van der Waals surface area contributed by atoms with Crippen LogP contribution in [-0.4, -0.2) is 21.0 Å². The zero-order valence-corrected chi connectivity index (χ0v) is 9.02. The quantitative estimate of drug-likeness (QED) is 0.879. The molecule has 16 heavy (non-hydrogen) atoms. The van der Waals surface area contributed by atoms with Crippen molar-refractivity contribution in [2.75, 3.05) is 0 Å². The molecule has 0 unspecified atom stereocenters. The number of rotatable bonds is 3.